The number of allylic oxidation sites excluding steroid dienone is 1. The fourth-order valence-electron chi connectivity index (χ4n) is 5.22. The van der Waals surface area contributed by atoms with E-state index in [2.05, 4.69) is 41.8 Å². The number of carbonyl (C=O) groups is 1. The number of fused-ring (bicyclic) bond motifs is 1. The van der Waals surface area contributed by atoms with Gasteiger partial charge in [0, 0.05) is 16.5 Å². The first-order chi connectivity index (χ1) is 22.4. The number of aryl methyl sites for hydroxylation is 1. The van der Waals surface area contributed by atoms with Gasteiger partial charge in [-0.15, -0.1) is 5.10 Å². The number of nitrogens with one attached hydrogen (secondary N) is 2. The summed E-state index contributed by atoms with van der Waals surface area (Å²) in [4.78, 5) is 18.9. The van der Waals surface area contributed by atoms with Crippen LogP contribution in [0.2, 0.25) is 5.02 Å². The van der Waals surface area contributed by atoms with Gasteiger partial charge in [-0.2, -0.15) is 4.98 Å². The van der Waals surface area contributed by atoms with Crippen LogP contribution in [0.3, 0.4) is 0 Å². The first kappa shape index (κ1) is 31.3. The Bertz CT molecular complexity index is 1890. The molecule has 5 aromatic rings. The number of hydrogen-bond donors (Lipinski definition) is 2. The lowest BCUT2D eigenvalue weighted by Crippen LogP contribution is -2.31. The zero-order chi connectivity index (χ0) is 32.0. The molecule has 0 radical (unpaired) electrons. The number of thioether (sulfide) groups is 1. The van der Waals surface area contributed by atoms with Crippen molar-refractivity contribution in [3.63, 3.8) is 0 Å². The number of hydrogen-bond acceptors (Lipinski definition) is 7. The van der Waals surface area contributed by atoms with E-state index in [0.29, 0.717) is 63.6 Å². The molecule has 0 spiro atoms. The Kier molecular flexibility index (Phi) is 9.61. The molecule has 6 rings (SSSR count). The summed E-state index contributed by atoms with van der Waals surface area (Å²) in [6.07, 6.45) is 0. The summed E-state index contributed by atoms with van der Waals surface area (Å²) in [5, 5.41) is 12.5. The van der Waals surface area contributed by atoms with Gasteiger partial charge < -0.3 is 20.1 Å². The third-order valence-electron chi connectivity index (χ3n) is 7.53. The number of anilines is 2. The molecule has 1 unspecified atom stereocenters. The molecule has 0 aliphatic carbocycles. The summed E-state index contributed by atoms with van der Waals surface area (Å²) in [6, 6.07) is 30.6. The van der Waals surface area contributed by atoms with E-state index in [9.17, 15) is 4.79 Å². The monoisotopic (exact) mass is 651 g/mol. The van der Waals surface area contributed by atoms with Gasteiger partial charge in [0.25, 0.3) is 5.91 Å². The molecule has 1 aromatic heterocycles. The molecule has 1 atom stereocenters. The molecule has 1 amide bonds. The Labute approximate surface area is 277 Å². The standard InChI is InChI=1S/C36H34ClN5O3S/c1-4-44-31-15-8-7-14-30(31)39-34(43)32-24(3)38-35-40-36(46-22-27-10-5-6-13-29(27)37)41-42(35)33(32)26-11-9-12-28(20-26)45-21-25-18-16-23(2)17-19-25/h5-20,33H,4,21-22H2,1-3H3,(H,39,43)(H,38,40,41). The van der Waals surface area contributed by atoms with E-state index in [-0.39, 0.29) is 5.91 Å². The highest BCUT2D eigenvalue weighted by molar-refractivity contribution is 7.98. The first-order valence-electron chi connectivity index (χ1n) is 15.0. The molecular formula is C36H34ClN5O3S. The van der Waals surface area contributed by atoms with Crippen molar-refractivity contribution in [2.24, 2.45) is 0 Å². The van der Waals surface area contributed by atoms with Crippen molar-refractivity contribution < 1.29 is 14.3 Å². The fourth-order valence-corrected chi connectivity index (χ4v) is 6.33. The Morgan fingerprint density at radius 3 is 2.57 bits per heavy atom. The Hall–Kier alpha value is -4.73. The average Bonchev–Trinajstić information content (AvgIpc) is 3.47. The lowest BCUT2D eigenvalue weighted by Gasteiger charge is -2.29. The van der Waals surface area contributed by atoms with Crippen molar-refractivity contribution in [1.82, 2.24) is 14.8 Å². The predicted molar refractivity (Wildman–Crippen MR) is 184 cm³/mol. The molecule has 0 saturated carbocycles. The highest BCUT2D eigenvalue weighted by Gasteiger charge is 2.35. The van der Waals surface area contributed by atoms with Crippen LogP contribution >= 0.6 is 23.4 Å². The lowest BCUT2D eigenvalue weighted by molar-refractivity contribution is -0.113. The van der Waals surface area contributed by atoms with E-state index in [1.54, 1.807) is 4.68 Å². The highest BCUT2D eigenvalue weighted by atomic mass is 35.5. The van der Waals surface area contributed by atoms with Gasteiger partial charge in [-0.05, 0) is 67.8 Å². The maximum absolute atomic E-state index is 14.1. The van der Waals surface area contributed by atoms with Crippen LogP contribution < -0.4 is 20.1 Å². The molecule has 46 heavy (non-hydrogen) atoms. The SMILES string of the molecule is CCOc1ccccc1NC(=O)C1=C(C)Nc2nc(SCc3ccccc3Cl)nn2C1c1cccc(OCc2ccc(C)cc2)c1. The Morgan fingerprint density at radius 2 is 1.76 bits per heavy atom. The number of nitrogens with zero attached hydrogens (tertiary/aromatic N) is 3. The second kappa shape index (κ2) is 14.1. The van der Waals surface area contributed by atoms with Crippen molar-refractivity contribution in [2.75, 3.05) is 17.2 Å². The van der Waals surface area contributed by atoms with Gasteiger partial charge in [-0.25, -0.2) is 4.68 Å². The number of rotatable bonds is 11. The van der Waals surface area contributed by atoms with Crippen molar-refractivity contribution >= 4 is 40.9 Å². The zero-order valence-electron chi connectivity index (χ0n) is 25.8. The van der Waals surface area contributed by atoms with E-state index >= 15 is 0 Å². The topological polar surface area (TPSA) is 90.3 Å². The molecule has 0 saturated heterocycles. The first-order valence-corrected chi connectivity index (χ1v) is 16.4. The molecule has 8 nitrogen and oxygen atoms in total. The van der Waals surface area contributed by atoms with E-state index < -0.39 is 6.04 Å². The third-order valence-corrected chi connectivity index (χ3v) is 8.78. The molecule has 2 N–H and O–H groups in total. The molecular weight excluding hydrogens is 618 g/mol. The quantitative estimate of drug-likeness (QED) is 0.139. The van der Waals surface area contributed by atoms with Crippen molar-refractivity contribution in [1.29, 1.82) is 0 Å². The second-order valence-electron chi connectivity index (χ2n) is 10.8. The number of para-hydroxylation sites is 2. The number of aromatic nitrogens is 3. The van der Waals surface area contributed by atoms with Gasteiger partial charge in [0.15, 0.2) is 0 Å². The molecule has 1 aliphatic rings. The van der Waals surface area contributed by atoms with Crippen LogP contribution in [0, 0.1) is 6.92 Å². The number of halogens is 1. The minimum atomic E-state index is -0.583. The van der Waals surface area contributed by atoms with Crippen LogP contribution in [-0.4, -0.2) is 27.3 Å². The van der Waals surface area contributed by atoms with Gasteiger partial charge in [0.2, 0.25) is 11.1 Å². The highest BCUT2D eigenvalue weighted by Crippen LogP contribution is 2.39. The number of ether oxygens (including phenoxy) is 2. The fraction of sp³-hybridized carbons (Fsp3) is 0.194. The molecule has 0 bridgehead atoms. The number of carbonyl (C=O) groups excluding carboxylic acids is 1. The summed E-state index contributed by atoms with van der Waals surface area (Å²) in [5.41, 5.74) is 5.85. The Balaban J connectivity index is 1.34. The molecule has 1 aliphatic heterocycles. The molecule has 0 fully saturated rings. The van der Waals surface area contributed by atoms with E-state index in [4.69, 9.17) is 31.2 Å². The van der Waals surface area contributed by atoms with E-state index in [0.717, 1.165) is 16.7 Å². The van der Waals surface area contributed by atoms with Crippen molar-refractivity contribution in [2.45, 2.75) is 44.3 Å². The normalized spacial score (nSPS) is 14.0. The van der Waals surface area contributed by atoms with Crippen LogP contribution in [-0.2, 0) is 17.2 Å². The van der Waals surface area contributed by atoms with Crippen LogP contribution in [0.1, 0.15) is 42.1 Å². The van der Waals surface area contributed by atoms with Crippen molar-refractivity contribution in [3.05, 3.63) is 136 Å². The maximum Gasteiger partial charge on any atom is 0.255 e. The summed E-state index contributed by atoms with van der Waals surface area (Å²) in [7, 11) is 0. The lowest BCUT2D eigenvalue weighted by atomic mass is 9.94. The smallest absolute Gasteiger partial charge is 0.255 e. The third kappa shape index (κ3) is 7.06. The van der Waals surface area contributed by atoms with Crippen LogP contribution in [0.25, 0.3) is 0 Å². The predicted octanol–water partition coefficient (Wildman–Crippen LogP) is 8.44. The molecule has 4 aromatic carbocycles. The summed E-state index contributed by atoms with van der Waals surface area (Å²) in [6.45, 7) is 6.75. The second-order valence-corrected chi connectivity index (χ2v) is 12.2. The minimum Gasteiger partial charge on any atom is -0.492 e. The Morgan fingerprint density at radius 1 is 0.978 bits per heavy atom. The summed E-state index contributed by atoms with van der Waals surface area (Å²) in [5.74, 6) is 2.15. The van der Waals surface area contributed by atoms with Crippen LogP contribution in [0.4, 0.5) is 11.6 Å². The van der Waals surface area contributed by atoms with Crippen LogP contribution in [0.15, 0.2) is 113 Å². The minimum absolute atomic E-state index is 0.278. The summed E-state index contributed by atoms with van der Waals surface area (Å²) >= 11 is 7.89. The number of amides is 1. The van der Waals surface area contributed by atoms with Gasteiger partial charge >= 0.3 is 0 Å². The molecule has 234 valence electrons. The van der Waals surface area contributed by atoms with Gasteiger partial charge in [0.05, 0.1) is 17.9 Å². The van der Waals surface area contributed by atoms with E-state index in [1.807, 2.05) is 86.6 Å². The maximum atomic E-state index is 14.1. The van der Waals surface area contributed by atoms with Gasteiger partial charge in [-0.1, -0.05) is 95.7 Å². The van der Waals surface area contributed by atoms with Crippen molar-refractivity contribution in [3.8, 4) is 11.5 Å². The van der Waals surface area contributed by atoms with Gasteiger partial charge in [-0.3, -0.25) is 4.79 Å². The summed E-state index contributed by atoms with van der Waals surface area (Å²) < 4.78 is 13.8. The molecule has 10 heteroatoms. The zero-order valence-corrected chi connectivity index (χ0v) is 27.4. The average molecular weight is 652 g/mol. The van der Waals surface area contributed by atoms with E-state index in [1.165, 1.54) is 17.3 Å². The molecule has 2 heterocycles. The van der Waals surface area contributed by atoms with Gasteiger partial charge in [0.1, 0.15) is 24.1 Å². The number of benzene rings is 4. The van der Waals surface area contributed by atoms with Crippen LogP contribution in [0.5, 0.6) is 11.5 Å². The largest absolute Gasteiger partial charge is 0.492 e.